The molecule has 2 bridgehead atoms. The highest BCUT2D eigenvalue weighted by molar-refractivity contribution is 5.76. The van der Waals surface area contributed by atoms with Crippen LogP contribution in [0.1, 0.15) is 44.9 Å². The number of nitrogens with zero attached hydrogens (tertiary/aromatic N) is 1. The van der Waals surface area contributed by atoms with Gasteiger partial charge in [-0.3, -0.25) is 0 Å². The number of nitrogens with one attached hydrogen (secondary N) is 1. The summed E-state index contributed by atoms with van der Waals surface area (Å²) < 4.78 is 37.3. The van der Waals surface area contributed by atoms with Gasteiger partial charge in [0.25, 0.3) is 0 Å². The Morgan fingerprint density at radius 3 is 2.46 bits per heavy atom. The van der Waals surface area contributed by atoms with Crippen molar-refractivity contribution in [2.24, 2.45) is 11.1 Å². The number of oxime groups is 1. The summed E-state index contributed by atoms with van der Waals surface area (Å²) in [5.74, 6) is -1.05. The molecule has 0 radical (unpaired) electrons. The minimum Gasteiger partial charge on any atom is -0.479 e. The maximum atomic E-state index is 10.6. The maximum absolute atomic E-state index is 10.6. The number of carboxylic acid groups (broad SMARTS) is 1. The van der Waals surface area contributed by atoms with E-state index >= 15 is 0 Å². The smallest absolute Gasteiger partial charge is 0.479 e. The summed E-state index contributed by atoms with van der Waals surface area (Å²) in [6.45, 7) is 1.49. The van der Waals surface area contributed by atoms with Gasteiger partial charge in [0, 0.05) is 12.1 Å². The standard InChI is InChI=1S/C13H22N2O2.C2HF3O2/c1(6-16-13-5-7-17-15-13)2-10-8-11-3-4-12(9-10)14-11;3-2(4,5)1(6)7/h10-12,14H,1-9H2;(H,6,7). The van der Waals surface area contributed by atoms with Crippen molar-refractivity contribution in [3.63, 3.8) is 0 Å². The van der Waals surface area contributed by atoms with E-state index in [1.165, 1.54) is 32.1 Å². The van der Waals surface area contributed by atoms with E-state index in [9.17, 15) is 13.2 Å². The number of aliphatic carboxylic acids is 1. The number of hydrogen-bond donors (Lipinski definition) is 2. The quantitative estimate of drug-likeness (QED) is 0.761. The Morgan fingerprint density at radius 1 is 1.33 bits per heavy atom. The number of piperidine rings is 1. The van der Waals surface area contributed by atoms with Crippen LogP contribution in [-0.4, -0.2) is 48.4 Å². The van der Waals surface area contributed by atoms with Crippen LogP contribution in [-0.2, 0) is 14.4 Å². The molecule has 0 aromatic heterocycles. The van der Waals surface area contributed by atoms with Gasteiger partial charge in [-0.15, -0.1) is 0 Å². The number of hydrogen-bond acceptors (Lipinski definition) is 5. The molecule has 6 nitrogen and oxygen atoms in total. The molecule has 0 aromatic carbocycles. The van der Waals surface area contributed by atoms with E-state index in [2.05, 4.69) is 10.5 Å². The summed E-state index contributed by atoms with van der Waals surface area (Å²) in [7, 11) is 0. The van der Waals surface area contributed by atoms with Crippen molar-refractivity contribution in [1.82, 2.24) is 5.32 Å². The lowest BCUT2D eigenvalue weighted by Crippen LogP contribution is -2.38. The lowest BCUT2D eigenvalue weighted by atomic mass is 9.89. The fourth-order valence-electron chi connectivity index (χ4n) is 3.37. The molecule has 3 aliphatic rings. The SMILES string of the molecule is C(COC1=NOCC1)CC1CC2CCC(C1)N2.O=C(O)C(F)(F)F. The molecule has 0 aliphatic carbocycles. The Kier molecular flexibility index (Phi) is 6.70. The molecule has 2 fully saturated rings. The molecule has 0 saturated carbocycles. The summed E-state index contributed by atoms with van der Waals surface area (Å²) in [4.78, 5) is 13.8. The van der Waals surface area contributed by atoms with Gasteiger partial charge in [0.2, 0.25) is 5.90 Å². The van der Waals surface area contributed by atoms with Crippen molar-refractivity contribution >= 4 is 11.9 Å². The molecule has 3 aliphatic heterocycles. The third-order valence-electron chi connectivity index (χ3n) is 4.41. The van der Waals surface area contributed by atoms with Gasteiger partial charge in [-0.2, -0.15) is 13.2 Å². The second kappa shape index (κ2) is 8.55. The van der Waals surface area contributed by atoms with Crippen LogP contribution >= 0.6 is 0 Å². The Morgan fingerprint density at radius 2 is 1.96 bits per heavy atom. The molecule has 0 spiro atoms. The third kappa shape index (κ3) is 6.18. The lowest BCUT2D eigenvalue weighted by molar-refractivity contribution is -0.192. The van der Waals surface area contributed by atoms with Crippen LogP contribution in [0.5, 0.6) is 0 Å². The van der Waals surface area contributed by atoms with Crippen molar-refractivity contribution in [3.8, 4) is 0 Å². The van der Waals surface area contributed by atoms with Crippen LogP contribution in [0, 0.1) is 5.92 Å². The van der Waals surface area contributed by atoms with E-state index in [4.69, 9.17) is 19.5 Å². The van der Waals surface area contributed by atoms with Crippen LogP contribution < -0.4 is 5.32 Å². The van der Waals surface area contributed by atoms with Gasteiger partial charge >= 0.3 is 12.1 Å². The van der Waals surface area contributed by atoms with Crippen LogP contribution in [0.15, 0.2) is 5.16 Å². The second-order valence-corrected chi connectivity index (χ2v) is 6.34. The first kappa shape index (κ1) is 18.8. The Labute approximate surface area is 138 Å². The molecule has 138 valence electrons. The zero-order valence-corrected chi connectivity index (χ0v) is 13.3. The van der Waals surface area contributed by atoms with Crippen molar-refractivity contribution in [3.05, 3.63) is 0 Å². The maximum Gasteiger partial charge on any atom is 0.490 e. The Hall–Kier alpha value is -1.51. The van der Waals surface area contributed by atoms with E-state index in [1.807, 2.05) is 0 Å². The number of fused-ring (bicyclic) bond motifs is 2. The lowest BCUT2D eigenvalue weighted by Gasteiger charge is -2.29. The van der Waals surface area contributed by atoms with Gasteiger partial charge in [0.05, 0.1) is 13.0 Å². The summed E-state index contributed by atoms with van der Waals surface area (Å²) in [6, 6.07) is 1.62. The first-order valence-electron chi connectivity index (χ1n) is 8.22. The van der Waals surface area contributed by atoms with Crippen LogP contribution in [0.4, 0.5) is 13.2 Å². The Balaban J connectivity index is 0.000000256. The van der Waals surface area contributed by atoms with Gasteiger partial charge < -0.3 is 20.0 Å². The first-order valence-corrected chi connectivity index (χ1v) is 8.22. The minimum atomic E-state index is -5.08. The highest BCUT2D eigenvalue weighted by Crippen LogP contribution is 2.33. The van der Waals surface area contributed by atoms with E-state index in [0.717, 1.165) is 43.3 Å². The molecule has 2 atom stereocenters. The monoisotopic (exact) mass is 352 g/mol. The predicted molar refractivity (Wildman–Crippen MR) is 79.6 cm³/mol. The normalized spacial score (nSPS) is 28.5. The number of carboxylic acids is 1. The predicted octanol–water partition coefficient (Wildman–Crippen LogP) is 2.68. The van der Waals surface area contributed by atoms with Gasteiger partial charge in [-0.25, -0.2) is 4.79 Å². The summed E-state index contributed by atoms with van der Waals surface area (Å²) in [6.07, 6.45) is 3.77. The summed E-state index contributed by atoms with van der Waals surface area (Å²) in [5, 5.41) is 14.7. The fourth-order valence-corrected chi connectivity index (χ4v) is 3.37. The molecule has 2 unspecified atom stereocenters. The number of halogens is 3. The van der Waals surface area contributed by atoms with Gasteiger partial charge in [0.1, 0.15) is 6.61 Å². The topological polar surface area (TPSA) is 80.2 Å². The molecule has 0 aromatic rings. The molecule has 3 rings (SSSR count). The molecule has 2 N–H and O–H groups in total. The number of rotatable bonds is 4. The summed E-state index contributed by atoms with van der Waals surface area (Å²) >= 11 is 0. The molecular formula is C15H23F3N2O4. The fraction of sp³-hybridized carbons (Fsp3) is 0.867. The van der Waals surface area contributed by atoms with Gasteiger partial charge in [-0.05, 0) is 44.4 Å². The number of carbonyl (C=O) groups is 1. The first-order chi connectivity index (χ1) is 11.3. The molecule has 9 heteroatoms. The van der Waals surface area contributed by atoms with E-state index < -0.39 is 12.1 Å². The van der Waals surface area contributed by atoms with Crippen molar-refractivity contribution in [2.75, 3.05) is 13.2 Å². The molecular weight excluding hydrogens is 329 g/mol. The van der Waals surface area contributed by atoms with Crippen molar-refractivity contribution < 1.29 is 32.6 Å². The number of ether oxygens (including phenoxy) is 1. The zero-order chi connectivity index (χ0) is 17.6. The van der Waals surface area contributed by atoms with E-state index in [1.54, 1.807) is 0 Å². The summed E-state index contributed by atoms with van der Waals surface area (Å²) in [5.41, 5.74) is 0. The Bertz CT molecular complexity index is 444. The average molecular weight is 352 g/mol. The zero-order valence-electron chi connectivity index (χ0n) is 13.3. The van der Waals surface area contributed by atoms with Crippen LogP contribution in [0.2, 0.25) is 0 Å². The van der Waals surface area contributed by atoms with E-state index in [0.29, 0.717) is 6.61 Å². The average Bonchev–Trinajstić information content (AvgIpc) is 3.13. The third-order valence-corrected chi connectivity index (χ3v) is 4.41. The largest absolute Gasteiger partial charge is 0.490 e. The van der Waals surface area contributed by atoms with Crippen molar-refractivity contribution in [1.29, 1.82) is 0 Å². The van der Waals surface area contributed by atoms with Gasteiger partial charge in [-0.1, -0.05) is 5.16 Å². The van der Waals surface area contributed by atoms with Crippen molar-refractivity contribution in [2.45, 2.75) is 63.2 Å². The molecule has 2 saturated heterocycles. The molecule has 24 heavy (non-hydrogen) atoms. The minimum absolute atomic E-state index is 0.687. The molecule has 0 amide bonds. The van der Waals surface area contributed by atoms with Gasteiger partial charge in [0.15, 0.2) is 0 Å². The second-order valence-electron chi connectivity index (χ2n) is 6.34. The number of alkyl halides is 3. The molecule has 3 heterocycles. The van der Waals surface area contributed by atoms with Crippen LogP contribution in [0.25, 0.3) is 0 Å². The highest BCUT2D eigenvalue weighted by atomic mass is 19.4. The highest BCUT2D eigenvalue weighted by Gasteiger charge is 2.38. The van der Waals surface area contributed by atoms with Crippen LogP contribution in [0.3, 0.4) is 0 Å². The van der Waals surface area contributed by atoms with E-state index in [-0.39, 0.29) is 0 Å².